The van der Waals surface area contributed by atoms with Crippen LogP contribution >= 0.6 is 0 Å². The molecule has 2 heterocycles. The van der Waals surface area contributed by atoms with Crippen molar-refractivity contribution in [2.24, 2.45) is 0 Å². The Bertz CT molecular complexity index is 983. The van der Waals surface area contributed by atoms with Crippen LogP contribution in [0.25, 0.3) is 28.2 Å². The van der Waals surface area contributed by atoms with Crippen LogP contribution in [0.5, 0.6) is 0 Å². The molecule has 0 saturated heterocycles. The lowest BCUT2D eigenvalue weighted by atomic mass is 10.0. The molecule has 0 saturated carbocycles. The summed E-state index contributed by atoms with van der Waals surface area (Å²) in [6, 6.07) is 18.4. The van der Waals surface area contributed by atoms with Gasteiger partial charge in [-0.25, -0.2) is 4.98 Å². The second kappa shape index (κ2) is 5.81. The summed E-state index contributed by atoms with van der Waals surface area (Å²) in [5, 5.41) is 4.23. The van der Waals surface area contributed by atoms with Crippen molar-refractivity contribution in [2.45, 2.75) is 13.8 Å². The molecular weight excluding hydrogens is 298 g/mol. The van der Waals surface area contributed by atoms with Crippen LogP contribution in [0.15, 0.2) is 71.6 Å². The van der Waals surface area contributed by atoms with Gasteiger partial charge in [0.1, 0.15) is 11.5 Å². The maximum atomic E-state index is 5.44. The average Bonchev–Trinajstić information content (AvgIpc) is 3.22. The zero-order chi connectivity index (χ0) is 16.5. The van der Waals surface area contributed by atoms with Crippen molar-refractivity contribution in [2.75, 3.05) is 0 Å². The molecule has 0 spiro atoms. The fourth-order valence-electron chi connectivity index (χ4n) is 2.85. The molecule has 0 atom stereocenters. The fourth-order valence-corrected chi connectivity index (χ4v) is 2.85. The average molecular weight is 315 g/mol. The lowest BCUT2D eigenvalue weighted by Gasteiger charge is -2.02. The molecule has 2 aromatic heterocycles. The van der Waals surface area contributed by atoms with Gasteiger partial charge in [-0.1, -0.05) is 47.6 Å². The van der Waals surface area contributed by atoms with E-state index in [1.54, 1.807) is 0 Å². The Kier molecular flexibility index (Phi) is 3.50. The molecule has 4 aromatic rings. The highest BCUT2D eigenvalue weighted by atomic mass is 16.5. The third-order valence-electron chi connectivity index (χ3n) is 4.05. The van der Waals surface area contributed by atoms with E-state index in [0.29, 0.717) is 0 Å². The minimum atomic E-state index is 0.767. The Morgan fingerprint density at radius 2 is 1.79 bits per heavy atom. The van der Waals surface area contributed by atoms with Gasteiger partial charge in [0.15, 0.2) is 0 Å². The molecule has 0 aliphatic carbocycles. The molecule has 4 heteroatoms. The van der Waals surface area contributed by atoms with E-state index >= 15 is 0 Å². The van der Waals surface area contributed by atoms with Gasteiger partial charge in [-0.05, 0) is 31.5 Å². The molecular formula is C20H17N3O. The Hall–Kier alpha value is -3.14. The van der Waals surface area contributed by atoms with Gasteiger partial charge in [-0.3, -0.25) is 0 Å². The Labute approximate surface area is 140 Å². The molecule has 0 radical (unpaired) electrons. The number of aromatic nitrogens is 3. The molecule has 4 nitrogen and oxygen atoms in total. The van der Waals surface area contributed by atoms with E-state index in [2.05, 4.69) is 35.3 Å². The second-order valence-corrected chi connectivity index (χ2v) is 5.83. The third-order valence-corrected chi connectivity index (χ3v) is 4.05. The SMILES string of the molecule is Cc1cccc(-n2cnc(-c3c(-c4ccccc4)noc3C)c2)c1. The van der Waals surface area contributed by atoms with Crippen LogP contribution in [0.3, 0.4) is 0 Å². The minimum Gasteiger partial charge on any atom is -0.360 e. The van der Waals surface area contributed by atoms with Crippen LogP contribution in [0.1, 0.15) is 11.3 Å². The zero-order valence-corrected chi connectivity index (χ0v) is 13.6. The first-order valence-corrected chi connectivity index (χ1v) is 7.85. The molecule has 0 aliphatic rings. The first-order chi connectivity index (χ1) is 11.7. The number of rotatable bonds is 3. The van der Waals surface area contributed by atoms with Crippen LogP contribution in [-0.2, 0) is 0 Å². The standard InChI is InChI=1S/C20H17N3O/c1-14-7-6-10-17(11-14)23-12-18(21-13-23)19-15(2)24-22-20(19)16-8-4-3-5-9-16/h3-13H,1-2H3. The second-order valence-electron chi connectivity index (χ2n) is 5.83. The normalized spacial score (nSPS) is 10.9. The molecule has 0 N–H and O–H groups in total. The topological polar surface area (TPSA) is 43.9 Å². The summed E-state index contributed by atoms with van der Waals surface area (Å²) in [5.74, 6) is 0.767. The van der Waals surface area contributed by atoms with Gasteiger partial charge in [-0.2, -0.15) is 0 Å². The summed E-state index contributed by atoms with van der Waals surface area (Å²) in [4.78, 5) is 4.57. The van der Waals surface area contributed by atoms with Crippen molar-refractivity contribution in [3.05, 3.63) is 78.4 Å². The number of hydrogen-bond donors (Lipinski definition) is 0. The molecule has 4 rings (SSSR count). The molecule has 118 valence electrons. The van der Waals surface area contributed by atoms with Gasteiger partial charge in [0.25, 0.3) is 0 Å². The molecule has 2 aromatic carbocycles. The van der Waals surface area contributed by atoms with Crippen LogP contribution in [0, 0.1) is 13.8 Å². The predicted octanol–water partition coefficient (Wildman–Crippen LogP) is 4.81. The van der Waals surface area contributed by atoms with Crippen LogP contribution in [-0.4, -0.2) is 14.7 Å². The van der Waals surface area contributed by atoms with E-state index in [9.17, 15) is 0 Å². The number of benzene rings is 2. The highest BCUT2D eigenvalue weighted by Gasteiger charge is 2.18. The van der Waals surface area contributed by atoms with Crippen molar-refractivity contribution >= 4 is 0 Å². The minimum absolute atomic E-state index is 0.767. The van der Waals surface area contributed by atoms with Crippen LogP contribution in [0.2, 0.25) is 0 Å². The van der Waals surface area contributed by atoms with Gasteiger partial charge in [-0.15, -0.1) is 0 Å². The van der Waals surface area contributed by atoms with E-state index in [1.165, 1.54) is 5.56 Å². The Morgan fingerprint density at radius 1 is 0.958 bits per heavy atom. The van der Waals surface area contributed by atoms with Gasteiger partial charge in [0.05, 0.1) is 17.6 Å². The maximum Gasteiger partial charge on any atom is 0.143 e. The summed E-state index contributed by atoms with van der Waals surface area (Å²) in [7, 11) is 0. The largest absolute Gasteiger partial charge is 0.360 e. The van der Waals surface area contributed by atoms with Gasteiger partial charge >= 0.3 is 0 Å². The first kappa shape index (κ1) is 14.5. The van der Waals surface area contributed by atoms with Crippen molar-refractivity contribution in [3.8, 4) is 28.2 Å². The summed E-state index contributed by atoms with van der Waals surface area (Å²) in [6.07, 6.45) is 3.84. The predicted molar refractivity (Wildman–Crippen MR) is 94.0 cm³/mol. The van der Waals surface area contributed by atoms with Gasteiger partial charge in [0, 0.05) is 17.4 Å². The maximum absolute atomic E-state index is 5.44. The summed E-state index contributed by atoms with van der Waals surface area (Å²) < 4.78 is 7.46. The summed E-state index contributed by atoms with van der Waals surface area (Å²) >= 11 is 0. The van der Waals surface area contributed by atoms with E-state index < -0.39 is 0 Å². The highest BCUT2D eigenvalue weighted by Crippen LogP contribution is 2.33. The monoisotopic (exact) mass is 315 g/mol. The summed E-state index contributed by atoms with van der Waals surface area (Å²) in [6.45, 7) is 4.00. The molecule has 0 fully saturated rings. The number of aryl methyl sites for hydroxylation is 2. The van der Waals surface area contributed by atoms with E-state index in [0.717, 1.165) is 34.0 Å². The van der Waals surface area contributed by atoms with Crippen LogP contribution < -0.4 is 0 Å². The molecule has 0 bridgehead atoms. The highest BCUT2D eigenvalue weighted by molar-refractivity contribution is 5.79. The van der Waals surface area contributed by atoms with E-state index in [1.807, 2.05) is 60.4 Å². The fraction of sp³-hybridized carbons (Fsp3) is 0.100. The smallest absolute Gasteiger partial charge is 0.143 e. The zero-order valence-electron chi connectivity index (χ0n) is 13.6. The number of nitrogens with zero attached hydrogens (tertiary/aromatic N) is 3. The van der Waals surface area contributed by atoms with Gasteiger partial charge < -0.3 is 9.09 Å². The molecule has 24 heavy (non-hydrogen) atoms. The van der Waals surface area contributed by atoms with Crippen molar-refractivity contribution in [1.82, 2.24) is 14.7 Å². The Balaban J connectivity index is 1.80. The molecule has 0 aliphatic heterocycles. The lowest BCUT2D eigenvalue weighted by molar-refractivity contribution is 0.400. The van der Waals surface area contributed by atoms with Crippen molar-refractivity contribution < 1.29 is 4.52 Å². The first-order valence-electron chi connectivity index (χ1n) is 7.85. The van der Waals surface area contributed by atoms with Crippen LogP contribution in [0.4, 0.5) is 0 Å². The van der Waals surface area contributed by atoms with E-state index in [4.69, 9.17) is 4.52 Å². The number of hydrogen-bond acceptors (Lipinski definition) is 3. The number of imidazole rings is 1. The Morgan fingerprint density at radius 3 is 2.58 bits per heavy atom. The molecule has 0 amide bonds. The van der Waals surface area contributed by atoms with Crippen molar-refractivity contribution in [1.29, 1.82) is 0 Å². The molecule has 0 unspecified atom stereocenters. The van der Waals surface area contributed by atoms with Gasteiger partial charge in [0.2, 0.25) is 0 Å². The van der Waals surface area contributed by atoms with Crippen molar-refractivity contribution in [3.63, 3.8) is 0 Å². The van der Waals surface area contributed by atoms with E-state index in [-0.39, 0.29) is 0 Å². The quantitative estimate of drug-likeness (QED) is 0.545. The third kappa shape index (κ3) is 2.52. The lowest BCUT2D eigenvalue weighted by Crippen LogP contribution is -1.89. The summed E-state index contributed by atoms with van der Waals surface area (Å²) in [5.41, 5.74) is 5.94.